The maximum Gasteiger partial charge on any atom is 0.265 e. The molecule has 1 fully saturated rings. The molecule has 1 aliphatic heterocycles. The van der Waals surface area contributed by atoms with Crippen molar-refractivity contribution < 1.29 is 13.2 Å². The van der Waals surface area contributed by atoms with Gasteiger partial charge in [0, 0.05) is 25.8 Å². The highest BCUT2D eigenvalue weighted by Crippen LogP contribution is 2.34. The molecule has 0 bridgehead atoms. The highest BCUT2D eigenvalue weighted by molar-refractivity contribution is 7.92. The number of anilines is 1. The van der Waals surface area contributed by atoms with Gasteiger partial charge in [-0.3, -0.25) is 9.52 Å². The van der Waals surface area contributed by atoms with E-state index < -0.39 is 10.0 Å². The molecule has 0 aliphatic carbocycles. The molecule has 1 saturated heterocycles. The third-order valence-corrected chi connectivity index (χ3v) is 8.48. The fourth-order valence-electron chi connectivity index (χ4n) is 3.66. The summed E-state index contributed by atoms with van der Waals surface area (Å²) in [6.45, 7) is 5.09. The molecule has 1 N–H and O–H groups in total. The number of sulfonamides is 1. The molecule has 0 saturated carbocycles. The zero-order valence-corrected chi connectivity index (χ0v) is 19.9. The van der Waals surface area contributed by atoms with E-state index in [1.807, 2.05) is 11.8 Å². The molecular weight excluding hydrogens is 456 g/mol. The van der Waals surface area contributed by atoms with Gasteiger partial charge in [-0.05, 0) is 44.9 Å². The highest BCUT2D eigenvalue weighted by Gasteiger charge is 2.27. The van der Waals surface area contributed by atoms with E-state index in [1.54, 1.807) is 48.9 Å². The van der Waals surface area contributed by atoms with E-state index in [1.165, 1.54) is 11.3 Å². The molecule has 3 heterocycles. The van der Waals surface area contributed by atoms with Gasteiger partial charge in [0.15, 0.2) is 0 Å². The molecule has 3 aromatic rings. The van der Waals surface area contributed by atoms with Crippen LogP contribution in [0.3, 0.4) is 0 Å². The fourth-order valence-corrected chi connectivity index (χ4v) is 6.36. The molecule has 4 rings (SSSR count). The number of benzene rings is 1. The number of likely N-dealkylation sites (tertiary alicyclic amines) is 1. The van der Waals surface area contributed by atoms with Gasteiger partial charge in [-0.1, -0.05) is 23.7 Å². The first-order chi connectivity index (χ1) is 14.7. The van der Waals surface area contributed by atoms with Gasteiger partial charge in [-0.2, -0.15) is 0 Å². The lowest BCUT2D eigenvalue weighted by molar-refractivity contribution is 0.0796. The van der Waals surface area contributed by atoms with Crippen LogP contribution in [0, 0.1) is 13.8 Å². The molecular formula is C21H23ClN4O3S2. The minimum Gasteiger partial charge on any atom is -0.345 e. The average Bonchev–Trinajstić information content (AvgIpc) is 3.44. The van der Waals surface area contributed by atoms with Crippen LogP contribution in [-0.2, 0) is 17.1 Å². The first-order valence-corrected chi connectivity index (χ1v) is 12.6. The number of aromatic nitrogens is 2. The second-order valence-corrected chi connectivity index (χ2v) is 10.6. The molecule has 0 unspecified atom stereocenters. The number of nitrogens with one attached hydrogen (secondary N) is 1. The van der Waals surface area contributed by atoms with E-state index in [9.17, 15) is 13.2 Å². The molecule has 7 nitrogen and oxygen atoms in total. The Morgan fingerprint density at radius 2 is 1.87 bits per heavy atom. The Morgan fingerprint density at radius 3 is 2.55 bits per heavy atom. The predicted molar refractivity (Wildman–Crippen MR) is 123 cm³/mol. The molecule has 0 atom stereocenters. The number of halogens is 1. The summed E-state index contributed by atoms with van der Waals surface area (Å²) in [6, 6.07) is 8.28. The van der Waals surface area contributed by atoms with Crippen molar-refractivity contribution in [2.45, 2.75) is 31.6 Å². The summed E-state index contributed by atoms with van der Waals surface area (Å²) >= 11 is 7.42. The number of nitrogens with zero attached hydrogens (tertiary/aromatic N) is 3. The highest BCUT2D eigenvalue weighted by atomic mass is 35.5. The van der Waals surface area contributed by atoms with Crippen molar-refractivity contribution in [2.75, 3.05) is 17.8 Å². The summed E-state index contributed by atoms with van der Waals surface area (Å²) in [5.74, 6) is -0.00193. The second kappa shape index (κ2) is 8.29. The van der Waals surface area contributed by atoms with Gasteiger partial charge in [0.25, 0.3) is 15.9 Å². The van der Waals surface area contributed by atoms with Crippen LogP contribution in [-0.4, -0.2) is 41.9 Å². The van der Waals surface area contributed by atoms with Crippen molar-refractivity contribution in [3.05, 3.63) is 51.6 Å². The number of carbonyl (C=O) groups excluding carboxylic acids is 1. The van der Waals surface area contributed by atoms with Crippen LogP contribution in [0.4, 0.5) is 5.69 Å². The summed E-state index contributed by atoms with van der Waals surface area (Å²) in [4.78, 5) is 20.0. The molecule has 0 spiro atoms. The van der Waals surface area contributed by atoms with Gasteiger partial charge >= 0.3 is 0 Å². The first-order valence-electron chi connectivity index (χ1n) is 9.90. The Hall–Kier alpha value is -2.36. The number of rotatable bonds is 5. The van der Waals surface area contributed by atoms with E-state index in [-0.39, 0.29) is 10.8 Å². The van der Waals surface area contributed by atoms with Gasteiger partial charge in [0.1, 0.15) is 14.8 Å². The number of amides is 1. The SMILES string of the molecule is Cc1nc(-c2cc(S(=O)(=O)Nc3ccccc3Cl)c(C)n2C)sc1C(=O)N1CCCC1. The Morgan fingerprint density at radius 1 is 1.19 bits per heavy atom. The number of hydrogen-bond acceptors (Lipinski definition) is 5. The number of para-hydroxylation sites is 1. The summed E-state index contributed by atoms with van der Waals surface area (Å²) in [7, 11) is -2.07. The van der Waals surface area contributed by atoms with E-state index in [2.05, 4.69) is 9.71 Å². The summed E-state index contributed by atoms with van der Waals surface area (Å²) < 4.78 is 30.5. The van der Waals surface area contributed by atoms with Crippen LogP contribution in [0.1, 0.15) is 33.9 Å². The van der Waals surface area contributed by atoms with Crippen LogP contribution < -0.4 is 4.72 Å². The Labute approximate surface area is 190 Å². The number of carbonyl (C=O) groups is 1. The topological polar surface area (TPSA) is 84.3 Å². The van der Waals surface area contributed by atoms with Crippen LogP contribution >= 0.6 is 22.9 Å². The largest absolute Gasteiger partial charge is 0.345 e. The standard InChI is InChI=1S/C21H23ClN4O3S2/c1-13-19(21(27)26-10-6-7-11-26)30-20(23-13)17-12-18(14(2)25(17)3)31(28,29)24-16-9-5-4-8-15(16)22/h4-5,8-9,12,24H,6-7,10-11H2,1-3H3. The van der Waals surface area contributed by atoms with Crippen molar-refractivity contribution in [2.24, 2.45) is 7.05 Å². The lowest BCUT2D eigenvalue weighted by Crippen LogP contribution is -2.27. The molecule has 10 heteroatoms. The normalized spacial score (nSPS) is 14.3. The number of aryl methyl sites for hydroxylation is 1. The molecule has 0 radical (unpaired) electrons. The Kier molecular flexibility index (Phi) is 5.85. The molecule has 164 valence electrons. The van der Waals surface area contributed by atoms with Crippen molar-refractivity contribution in [3.63, 3.8) is 0 Å². The lowest BCUT2D eigenvalue weighted by atomic mass is 10.3. The van der Waals surface area contributed by atoms with Crippen molar-refractivity contribution in [1.29, 1.82) is 0 Å². The van der Waals surface area contributed by atoms with Crippen LogP contribution in [0.5, 0.6) is 0 Å². The maximum absolute atomic E-state index is 13.1. The van der Waals surface area contributed by atoms with Crippen molar-refractivity contribution >= 4 is 44.6 Å². The van der Waals surface area contributed by atoms with Gasteiger partial charge in [0.05, 0.1) is 22.1 Å². The van der Waals surface area contributed by atoms with Crippen molar-refractivity contribution in [3.8, 4) is 10.7 Å². The molecule has 1 aromatic carbocycles. The Bertz CT molecular complexity index is 1260. The first kappa shape index (κ1) is 21.9. The fraction of sp³-hybridized carbons (Fsp3) is 0.333. The molecule has 1 amide bonds. The summed E-state index contributed by atoms with van der Waals surface area (Å²) in [6.07, 6.45) is 2.04. The maximum atomic E-state index is 13.1. The van der Waals surface area contributed by atoms with E-state index in [0.717, 1.165) is 25.9 Å². The van der Waals surface area contributed by atoms with Gasteiger partial charge in [-0.25, -0.2) is 13.4 Å². The Balaban J connectivity index is 1.69. The van der Waals surface area contributed by atoms with Crippen molar-refractivity contribution in [1.82, 2.24) is 14.5 Å². The third-order valence-electron chi connectivity index (χ3n) is 5.50. The number of hydrogen-bond donors (Lipinski definition) is 1. The van der Waals surface area contributed by atoms with Gasteiger partial charge in [0.2, 0.25) is 0 Å². The van der Waals surface area contributed by atoms with Gasteiger partial charge in [-0.15, -0.1) is 11.3 Å². The van der Waals surface area contributed by atoms with Gasteiger partial charge < -0.3 is 9.47 Å². The third kappa shape index (κ3) is 4.09. The number of thiazole rings is 1. The van der Waals surface area contributed by atoms with E-state index >= 15 is 0 Å². The minimum absolute atomic E-state index is 0.00193. The van der Waals surface area contributed by atoms with Crippen LogP contribution in [0.25, 0.3) is 10.7 Å². The van der Waals surface area contributed by atoms with E-state index in [4.69, 9.17) is 11.6 Å². The quantitative estimate of drug-likeness (QED) is 0.586. The molecule has 1 aliphatic rings. The van der Waals surface area contributed by atoms with Crippen LogP contribution in [0.2, 0.25) is 5.02 Å². The van der Waals surface area contributed by atoms with E-state index in [0.29, 0.717) is 37.7 Å². The lowest BCUT2D eigenvalue weighted by Gasteiger charge is -2.13. The van der Waals surface area contributed by atoms with Crippen LogP contribution in [0.15, 0.2) is 35.2 Å². The monoisotopic (exact) mass is 478 g/mol. The summed E-state index contributed by atoms with van der Waals surface area (Å²) in [5, 5.41) is 0.935. The molecule has 2 aromatic heterocycles. The zero-order valence-electron chi connectivity index (χ0n) is 17.5. The minimum atomic E-state index is -3.86. The average molecular weight is 479 g/mol. The smallest absolute Gasteiger partial charge is 0.265 e. The predicted octanol–water partition coefficient (Wildman–Crippen LogP) is 4.46. The summed E-state index contributed by atoms with van der Waals surface area (Å²) in [5.41, 5.74) is 2.19. The molecule has 31 heavy (non-hydrogen) atoms. The zero-order chi connectivity index (χ0) is 22.3. The second-order valence-electron chi connectivity index (χ2n) is 7.56.